The summed E-state index contributed by atoms with van der Waals surface area (Å²) < 4.78 is 6.02. The molecule has 1 aliphatic heterocycles. The Morgan fingerprint density at radius 3 is 2.54 bits per heavy atom. The van der Waals surface area contributed by atoms with Gasteiger partial charge in [0.05, 0.1) is 16.7 Å². The molecule has 1 saturated heterocycles. The first-order valence-electron chi connectivity index (χ1n) is 9.33. The van der Waals surface area contributed by atoms with Crippen LogP contribution >= 0.6 is 11.6 Å². The average Bonchev–Trinajstić information content (AvgIpc) is 2.60. The normalized spacial score (nSPS) is 23.3. The lowest BCUT2D eigenvalue weighted by atomic mass is 9.74. The van der Waals surface area contributed by atoms with E-state index in [2.05, 4.69) is 0 Å². The van der Waals surface area contributed by atoms with Gasteiger partial charge in [-0.3, -0.25) is 9.59 Å². The van der Waals surface area contributed by atoms with E-state index in [4.69, 9.17) is 16.3 Å². The second-order valence-electron chi connectivity index (χ2n) is 7.74. The van der Waals surface area contributed by atoms with Crippen LogP contribution in [0, 0.1) is 11.8 Å². The average molecular weight is 379 g/mol. The number of piperidine rings is 1. The van der Waals surface area contributed by atoms with Gasteiger partial charge in [-0.25, -0.2) is 0 Å². The smallest absolute Gasteiger partial charge is 0.254 e. The van der Waals surface area contributed by atoms with Crippen LogP contribution < -0.4 is 4.74 Å². The molecule has 0 spiro atoms. The van der Waals surface area contributed by atoms with Gasteiger partial charge in [-0.05, 0) is 62.1 Å². The van der Waals surface area contributed by atoms with Crippen molar-refractivity contribution < 1.29 is 14.3 Å². The minimum Gasteiger partial charge on any atom is -0.490 e. The van der Waals surface area contributed by atoms with Crippen LogP contribution in [0.1, 0.15) is 42.5 Å². The maximum atomic E-state index is 12.0. The molecule has 0 bridgehead atoms. The van der Waals surface area contributed by atoms with E-state index in [9.17, 15) is 9.59 Å². The van der Waals surface area contributed by atoms with E-state index in [1.165, 1.54) is 11.3 Å². The van der Waals surface area contributed by atoms with Gasteiger partial charge in [-0.1, -0.05) is 11.6 Å². The molecule has 3 rings (SSSR count). The second kappa shape index (κ2) is 8.30. The van der Waals surface area contributed by atoms with Gasteiger partial charge in [0.15, 0.2) is 0 Å². The number of benzene rings is 1. The van der Waals surface area contributed by atoms with Crippen LogP contribution in [0.15, 0.2) is 18.2 Å². The van der Waals surface area contributed by atoms with E-state index >= 15 is 0 Å². The number of rotatable bonds is 6. The molecule has 5 nitrogen and oxygen atoms in total. The zero-order valence-electron chi connectivity index (χ0n) is 15.5. The first-order chi connectivity index (χ1) is 12.5. The Hall–Kier alpha value is -1.75. The summed E-state index contributed by atoms with van der Waals surface area (Å²) in [5.74, 6) is 2.08. The van der Waals surface area contributed by atoms with Gasteiger partial charge in [0, 0.05) is 27.2 Å². The van der Waals surface area contributed by atoms with Crippen molar-refractivity contribution in [2.24, 2.45) is 11.8 Å². The van der Waals surface area contributed by atoms with Crippen LogP contribution in [0.5, 0.6) is 5.75 Å². The first-order valence-corrected chi connectivity index (χ1v) is 9.71. The van der Waals surface area contributed by atoms with Crippen LogP contribution in [0.3, 0.4) is 0 Å². The van der Waals surface area contributed by atoms with Gasteiger partial charge in [0.25, 0.3) is 5.91 Å². The van der Waals surface area contributed by atoms with Crippen LogP contribution in [-0.2, 0) is 4.79 Å². The predicted molar refractivity (Wildman–Crippen MR) is 102 cm³/mol. The van der Waals surface area contributed by atoms with Gasteiger partial charge >= 0.3 is 0 Å². The summed E-state index contributed by atoms with van der Waals surface area (Å²) in [5.41, 5.74) is 0.497. The van der Waals surface area contributed by atoms with Crippen LogP contribution in [-0.4, -0.2) is 55.4 Å². The summed E-state index contributed by atoms with van der Waals surface area (Å²) in [6.07, 6.45) is 6.83. The number of ether oxygens (including phenoxy) is 1. The summed E-state index contributed by atoms with van der Waals surface area (Å²) in [6.45, 7) is 1.80. The van der Waals surface area contributed by atoms with Crippen molar-refractivity contribution in [2.75, 3.05) is 27.2 Å². The lowest BCUT2D eigenvalue weighted by molar-refractivity contribution is -0.119. The van der Waals surface area contributed by atoms with Crippen molar-refractivity contribution in [3.63, 3.8) is 0 Å². The Bertz CT molecular complexity index is 650. The summed E-state index contributed by atoms with van der Waals surface area (Å²) in [7, 11) is 3.42. The molecule has 26 heavy (non-hydrogen) atoms. The van der Waals surface area contributed by atoms with Crippen LogP contribution in [0.25, 0.3) is 0 Å². The second-order valence-corrected chi connectivity index (χ2v) is 8.15. The van der Waals surface area contributed by atoms with E-state index in [0.29, 0.717) is 10.6 Å². The number of carbonyl (C=O) groups is 2. The number of amides is 2. The first kappa shape index (κ1) is 19.0. The zero-order valence-corrected chi connectivity index (χ0v) is 16.2. The molecule has 2 fully saturated rings. The van der Waals surface area contributed by atoms with Gasteiger partial charge in [0.1, 0.15) is 5.75 Å². The lowest BCUT2D eigenvalue weighted by Gasteiger charge is -2.39. The minimum atomic E-state index is -0.106. The largest absolute Gasteiger partial charge is 0.490 e. The Morgan fingerprint density at radius 2 is 1.96 bits per heavy atom. The molecular weight excluding hydrogens is 352 g/mol. The van der Waals surface area contributed by atoms with Crippen molar-refractivity contribution in [1.82, 2.24) is 9.80 Å². The Kier molecular flexibility index (Phi) is 6.07. The maximum Gasteiger partial charge on any atom is 0.254 e. The molecule has 0 radical (unpaired) electrons. The number of hydrogen-bond donors (Lipinski definition) is 0. The molecule has 1 saturated carbocycles. The maximum absolute atomic E-state index is 12.0. The number of halogens is 1. The van der Waals surface area contributed by atoms with E-state index < -0.39 is 0 Å². The third-order valence-electron chi connectivity index (χ3n) is 5.54. The summed E-state index contributed by atoms with van der Waals surface area (Å²) in [4.78, 5) is 26.2. The SMILES string of the molecule is CN(C)C(=O)c1ccc(OC2CC(CC3CCN(C=O)CC3)C2)cc1Cl. The number of carbonyl (C=O) groups excluding carboxylic acids is 2. The van der Waals surface area contributed by atoms with Gasteiger partial charge < -0.3 is 14.5 Å². The van der Waals surface area contributed by atoms with E-state index in [0.717, 1.165) is 62.8 Å². The van der Waals surface area contributed by atoms with Crippen LogP contribution in [0.2, 0.25) is 5.02 Å². The molecule has 1 heterocycles. The third kappa shape index (κ3) is 4.50. The Balaban J connectivity index is 1.44. The Labute approximate surface area is 160 Å². The van der Waals surface area contributed by atoms with Crippen molar-refractivity contribution in [1.29, 1.82) is 0 Å². The summed E-state index contributed by atoms with van der Waals surface area (Å²) in [6, 6.07) is 5.29. The number of likely N-dealkylation sites (tertiary alicyclic amines) is 1. The van der Waals surface area contributed by atoms with E-state index in [1.54, 1.807) is 26.2 Å². The van der Waals surface area contributed by atoms with E-state index in [1.807, 2.05) is 11.0 Å². The molecule has 6 heteroatoms. The van der Waals surface area contributed by atoms with Crippen molar-refractivity contribution in [3.8, 4) is 5.75 Å². The summed E-state index contributed by atoms with van der Waals surface area (Å²) in [5, 5.41) is 0.430. The van der Waals surface area contributed by atoms with Crippen molar-refractivity contribution in [2.45, 2.75) is 38.2 Å². The molecule has 0 N–H and O–H groups in total. The highest BCUT2D eigenvalue weighted by Gasteiger charge is 2.33. The third-order valence-corrected chi connectivity index (χ3v) is 5.85. The zero-order chi connectivity index (χ0) is 18.7. The molecular formula is C20H27ClN2O3. The summed E-state index contributed by atoms with van der Waals surface area (Å²) >= 11 is 6.24. The van der Waals surface area contributed by atoms with Gasteiger partial charge in [0.2, 0.25) is 6.41 Å². The molecule has 0 unspecified atom stereocenters. The fourth-order valence-electron chi connectivity index (χ4n) is 3.90. The topological polar surface area (TPSA) is 49.9 Å². The van der Waals surface area contributed by atoms with E-state index in [-0.39, 0.29) is 12.0 Å². The predicted octanol–water partition coefficient (Wildman–Crippen LogP) is 3.46. The minimum absolute atomic E-state index is 0.106. The van der Waals surface area contributed by atoms with Gasteiger partial charge in [-0.15, -0.1) is 0 Å². The molecule has 1 aliphatic carbocycles. The molecule has 142 valence electrons. The number of nitrogens with zero attached hydrogens (tertiary/aromatic N) is 2. The highest BCUT2D eigenvalue weighted by Crippen LogP contribution is 2.38. The van der Waals surface area contributed by atoms with Crippen molar-refractivity contribution in [3.05, 3.63) is 28.8 Å². The molecule has 0 atom stereocenters. The molecule has 1 aromatic carbocycles. The highest BCUT2D eigenvalue weighted by atomic mass is 35.5. The monoisotopic (exact) mass is 378 g/mol. The molecule has 1 aromatic rings. The molecule has 2 aliphatic rings. The van der Waals surface area contributed by atoms with Crippen molar-refractivity contribution >= 4 is 23.9 Å². The number of hydrogen-bond acceptors (Lipinski definition) is 3. The quantitative estimate of drug-likeness (QED) is 0.712. The fraction of sp³-hybridized carbons (Fsp3) is 0.600. The lowest BCUT2D eigenvalue weighted by Crippen LogP contribution is -2.37. The molecule has 0 aromatic heterocycles. The molecule has 2 amide bonds. The Morgan fingerprint density at radius 1 is 1.27 bits per heavy atom. The van der Waals surface area contributed by atoms with Gasteiger partial charge in [-0.2, -0.15) is 0 Å². The van der Waals surface area contributed by atoms with Crippen LogP contribution in [0.4, 0.5) is 0 Å². The standard InChI is InChI=1S/C20H27ClN2O3/c1-22(2)20(25)18-4-3-16(12-19(18)21)26-17-10-15(11-17)9-14-5-7-23(13-24)8-6-14/h3-4,12-15,17H,5-11H2,1-2H3. The highest BCUT2D eigenvalue weighted by molar-refractivity contribution is 6.34. The fourth-order valence-corrected chi connectivity index (χ4v) is 4.16.